The van der Waals surface area contributed by atoms with Gasteiger partial charge in [0.25, 0.3) is 0 Å². The Morgan fingerprint density at radius 3 is 2.77 bits per heavy atom. The van der Waals surface area contributed by atoms with E-state index in [2.05, 4.69) is 40.5 Å². The average molecular weight is 606 g/mol. The van der Waals surface area contributed by atoms with E-state index in [0.29, 0.717) is 29.5 Å². The Kier molecular flexibility index (Phi) is 12.1. The molecule has 0 radical (unpaired) electrons. The minimum absolute atomic E-state index is 0.0400. The van der Waals surface area contributed by atoms with Gasteiger partial charge in [-0.25, -0.2) is 4.39 Å². The first kappa shape index (κ1) is 32.6. The molecule has 1 aliphatic rings. The summed E-state index contributed by atoms with van der Waals surface area (Å²) in [5.74, 6) is 0.183. The van der Waals surface area contributed by atoms with Crippen LogP contribution in [-0.4, -0.2) is 80.3 Å². The smallest absolute Gasteiger partial charge is 0.158 e. The first-order valence-corrected chi connectivity index (χ1v) is 15.7. The number of halogens is 2. The Morgan fingerprint density at radius 1 is 1.19 bits per heavy atom. The molecule has 0 saturated carbocycles. The molecular formula is C35H45ClFN5O. The van der Waals surface area contributed by atoms with Gasteiger partial charge in [0.05, 0.1) is 5.02 Å². The van der Waals surface area contributed by atoms with Crippen LogP contribution in [0.1, 0.15) is 50.5 Å². The summed E-state index contributed by atoms with van der Waals surface area (Å²) in [7, 11) is 4.13. The highest BCUT2D eigenvalue weighted by atomic mass is 35.5. The van der Waals surface area contributed by atoms with Gasteiger partial charge in [0, 0.05) is 43.3 Å². The lowest BCUT2D eigenvalue weighted by Gasteiger charge is -2.29. The summed E-state index contributed by atoms with van der Waals surface area (Å²) < 4.78 is 16.5. The Balaban J connectivity index is 1.70. The third kappa shape index (κ3) is 8.22. The van der Waals surface area contributed by atoms with E-state index in [0.717, 1.165) is 81.9 Å². The fourth-order valence-electron chi connectivity index (χ4n) is 5.89. The lowest BCUT2D eigenvalue weighted by molar-refractivity contribution is 0.331. The quantitative estimate of drug-likeness (QED) is 0.0902. The minimum atomic E-state index is -0.566. The van der Waals surface area contributed by atoms with Crippen LogP contribution in [0.4, 0.5) is 10.1 Å². The molecule has 1 unspecified atom stereocenters. The number of rotatable bonds is 13. The van der Waals surface area contributed by atoms with Gasteiger partial charge in [0.15, 0.2) is 5.82 Å². The van der Waals surface area contributed by atoms with Crippen molar-refractivity contribution in [3.63, 3.8) is 0 Å². The number of aliphatic imine (C=N–C) groups is 2. The van der Waals surface area contributed by atoms with Gasteiger partial charge in [0.1, 0.15) is 17.3 Å². The molecule has 0 spiro atoms. The molecule has 3 aromatic carbocycles. The Hall–Kier alpha value is -3.26. The molecule has 8 heteroatoms. The number of amidine groups is 1. The summed E-state index contributed by atoms with van der Waals surface area (Å²) in [6.45, 7) is 11.8. The van der Waals surface area contributed by atoms with Crippen molar-refractivity contribution in [2.75, 3.05) is 46.8 Å². The fourth-order valence-corrected chi connectivity index (χ4v) is 6.18. The van der Waals surface area contributed by atoms with E-state index in [4.69, 9.17) is 16.6 Å². The van der Waals surface area contributed by atoms with Gasteiger partial charge in [-0.05, 0) is 94.0 Å². The maximum atomic E-state index is 16.5. The number of hydrogen-bond donors (Lipinski definition) is 2. The van der Waals surface area contributed by atoms with Crippen molar-refractivity contribution in [1.82, 2.24) is 15.1 Å². The average Bonchev–Trinajstić information content (AvgIpc) is 3.25. The Labute approximate surface area is 261 Å². The lowest BCUT2D eigenvalue weighted by atomic mass is 9.95. The van der Waals surface area contributed by atoms with Crippen LogP contribution in [0.5, 0.6) is 5.75 Å². The zero-order valence-electron chi connectivity index (χ0n) is 25.6. The van der Waals surface area contributed by atoms with Crippen LogP contribution in [0.15, 0.2) is 65.1 Å². The maximum Gasteiger partial charge on any atom is 0.158 e. The highest BCUT2D eigenvalue weighted by Gasteiger charge is 2.27. The number of likely N-dealkylation sites (N-methyl/N-ethyl adjacent to an activating group) is 1. The lowest BCUT2D eigenvalue weighted by Crippen LogP contribution is -2.41. The van der Waals surface area contributed by atoms with Crippen LogP contribution >= 0.6 is 11.6 Å². The minimum Gasteiger partial charge on any atom is -0.508 e. The van der Waals surface area contributed by atoms with E-state index in [-0.39, 0.29) is 22.0 Å². The molecule has 0 bridgehead atoms. The standard InChI is InChI=1S/C35H45ClFN5O/c1-5-6-18-41(4)19-12-7-11-17-40-35(42-20-13-10-15-26(24-42)38-2)30-23-31(36)32(33(37)34(30)39-3)29-22-27(43)21-25-14-8-9-16-28(25)29/h5,8-9,14,16,21-23,26,38,43H,1,3,6-7,10-13,15,17-20,24H2,2,4H3. The second kappa shape index (κ2) is 16.0. The second-order valence-corrected chi connectivity index (χ2v) is 11.8. The van der Waals surface area contributed by atoms with Gasteiger partial charge in [-0.1, -0.05) is 54.8 Å². The van der Waals surface area contributed by atoms with Crippen molar-refractivity contribution in [1.29, 1.82) is 0 Å². The van der Waals surface area contributed by atoms with Gasteiger partial charge < -0.3 is 20.2 Å². The summed E-state index contributed by atoms with van der Waals surface area (Å²) in [6.07, 6.45) is 9.24. The number of benzene rings is 3. The van der Waals surface area contributed by atoms with Crippen molar-refractivity contribution < 1.29 is 9.50 Å². The van der Waals surface area contributed by atoms with Crippen molar-refractivity contribution in [3.8, 4) is 16.9 Å². The van der Waals surface area contributed by atoms with Gasteiger partial charge in [0.2, 0.25) is 0 Å². The van der Waals surface area contributed by atoms with Crippen LogP contribution in [0.2, 0.25) is 5.02 Å². The van der Waals surface area contributed by atoms with Crippen molar-refractivity contribution in [2.24, 2.45) is 9.98 Å². The number of unbranched alkanes of at least 4 members (excludes halogenated alkanes) is 2. The van der Waals surface area contributed by atoms with E-state index in [9.17, 15) is 5.11 Å². The molecule has 1 atom stereocenters. The first-order valence-electron chi connectivity index (χ1n) is 15.3. The number of phenols is 1. The van der Waals surface area contributed by atoms with E-state index in [1.165, 1.54) is 0 Å². The van der Waals surface area contributed by atoms with Crippen LogP contribution in [0.3, 0.4) is 0 Å². The molecule has 0 aliphatic carbocycles. The molecule has 3 aromatic rings. The van der Waals surface area contributed by atoms with E-state index >= 15 is 4.39 Å². The molecule has 0 aromatic heterocycles. The van der Waals surface area contributed by atoms with Crippen LogP contribution in [0.25, 0.3) is 21.9 Å². The normalized spacial score (nSPS) is 16.1. The molecule has 1 fully saturated rings. The van der Waals surface area contributed by atoms with Crippen molar-refractivity contribution in [3.05, 3.63) is 71.5 Å². The first-order chi connectivity index (χ1) is 20.9. The summed E-state index contributed by atoms with van der Waals surface area (Å²) in [5, 5.41) is 15.7. The Morgan fingerprint density at radius 2 is 2.00 bits per heavy atom. The number of nitrogens with one attached hydrogen (secondary N) is 1. The fraction of sp³-hybridized carbons (Fsp3) is 0.429. The third-order valence-corrected chi connectivity index (χ3v) is 8.56. The van der Waals surface area contributed by atoms with Gasteiger partial charge in [-0.2, -0.15) is 0 Å². The summed E-state index contributed by atoms with van der Waals surface area (Å²) in [4.78, 5) is 13.9. The molecule has 0 amide bonds. The van der Waals surface area contributed by atoms with E-state index in [1.807, 2.05) is 37.4 Å². The Bertz CT molecular complexity index is 1440. The molecular weight excluding hydrogens is 561 g/mol. The third-order valence-electron chi connectivity index (χ3n) is 8.26. The van der Waals surface area contributed by atoms with Crippen molar-refractivity contribution >= 4 is 40.6 Å². The van der Waals surface area contributed by atoms with Crippen LogP contribution in [-0.2, 0) is 0 Å². The molecule has 1 aliphatic heterocycles. The summed E-state index contributed by atoms with van der Waals surface area (Å²) >= 11 is 6.91. The number of phenolic OH excluding ortho intramolecular Hbond substituents is 1. The van der Waals surface area contributed by atoms with E-state index < -0.39 is 5.82 Å². The van der Waals surface area contributed by atoms with E-state index in [1.54, 1.807) is 18.2 Å². The molecule has 1 saturated heterocycles. The largest absolute Gasteiger partial charge is 0.508 e. The highest BCUT2D eigenvalue weighted by molar-refractivity contribution is 6.34. The van der Waals surface area contributed by atoms with Gasteiger partial charge >= 0.3 is 0 Å². The summed E-state index contributed by atoms with van der Waals surface area (Å²) in [6, 6.07) is 12.8. The molecule has 43 heavy (non-hydrogen) atoms. The molecule has 1 heterocycles. The van der Waals surface area contributed by atoms with Gasteiger partial charge in [-0.3, -0.25) is 9.98 Å². The van der Waals surface area contributed by atoms with Crippen LogP contribution < -0.4 is 5.32 Å². The summed E-state index contributed by atoms with van der Waals surface area (Å²) in [5.41, 5.74) is 1.38. The molecule has 4 rings (SSSR count). The monoisotopic (exact) mass is 605 g/mol. The van der Waals surface area contributed by atoms with Gasteiger partial charge in [-0.15, -0.1) is 6.58 Å². The number of likely N-dealkylation sites (tertiary alicyclic amines) is 1. The predicted octanol–water partition coefficient (Wildman–Crippen LogP) is 7.84. The molecule has 6 nitrogen and oxygen atoms in total. The SMILES string of the molecule is C=CCCN(C)CCCCCN=C(c1cc(Cl)c(-c2cc(O)cc3ccccc23)c(F)c1N=C)N1CCCCC(NC)C1. The van der Waals surface area contributed by atoms with Crippen molar-refractivity contribution in [2.45, 2.75) is 51.0 Å². The number of hydrogen-bond acceptors (Lipinski definition) is 5. The topological polar surface area (TPSA) is 63.5 Å². The number of aromatic hydroxyl groups is 1. The highest BCUT2D eigenvalue weighted by Crippen LogP contribution is 2.43. The molecule has 230 valence electrons. The second-order valence-electron chi connectivity index (χ2n) is 11.4. The maximum absolute atomic E-state index is 16.5. The number of fused-ring (bicyclic) bond motifs is 1. The van der Waals surface area contributed by atoms with Crippen LogP contribution in [0, 0.1) is 5.82 Å². The number of nitrogens with zero attached hydrogens (tertiary/aromatic N) is 4. The zero-order valence-corrected chi connectivity index (χ0v) is 26.3. The zero-order chi connectivity index (χ0) is 30.8. The molecule has 2 N–H and O–H groups in total. The predicted molar refractivity (Wildman–Crippen MR) is 181 cm³/mol.